The lowest BCUT2D eigenvalue weighted by Gasteiger charge is -2.25. The lowest BCUT2D eigenvalue weighted by Crippen LogP contribution is -2.33. The molecule has 2 heterocycles. The van der Waals surface area contributed by atoms with Crippen molar-refractivity contribution in [3.63, 3.8) is 0 Å². The molecule has 0 radical (unpaired) electrons. The standard InChI is InChI=1S/C36H42FN3O/c1-25-21-29-22-28(13-17-35(29)39-25)33-11-5-8-27-23-30(38)14-16-34(27)36(33)26-7-4-10-31(15-12-26)41-32-9-2-3-19-40(24-32)20-6-18-37/h4,7,12-17,21-23,32,39H,2-3,5-6,8-11,18-20,24,38H2,1H3/t32-/m0/s1. The summed E-state index contributed by atoms with van der Waals surface area (Å²) in [5, 5.41) is 1.25. The molecule has 1 aliphatic heterocycles. The number of aromatic nitrogens is 1. The summed E-state index contributed by atoms with van der Waals surface area (Å²) >= 11 is 0. The molecule has 1 fully saturated rings. The second-order valence-electron chi connectivity index (χ2n) is 11.8. The van der Waals surface area contributed by atoms with Gasteiger partial charge in [-0.3, -0.25) is 9.29 Å². The Hall–Kier alpha value is -3.57. The first kappa shape index (κ1) is 27.6. The molecule has 41 heavy (non-hydrogen) atoms. The molecule has 4 nitrogen and oxygen atoms in total. The van der Waals surface area contributed by atoms with Gasteiger partial charge < -0.3 is 15.5 Å². The fourth-order valence-corrected chi connectivity index (χ4v) is 6.73. The van der Waals surface area contributed by atoms with Gasteiger partial charge in [-0.05, 0) is 128 Å². The number of nitrogens with two attached hydrogens (primary N) is 1. The van der Waals surface area contributed by atoms with Crippen molar-refractivity contribution in [2.45, 2.75) is 64.4 Å². The second kappa shape index (κ2) is 12.5. The van der Waals surface area contributed by atoms with Crippen LogP contribution in [0.25, 0.3) is 22.0 Å². The van der Waals surface area contributed by atoms with Crippen LogP contribution in [0.1, 0.15) is 67.3 Å². The van der Waals surface area contributed by atoms with Gasteiger partial charge in [0.2, 0.25) is 0 Å². The number of aryl methyl sites for hydroxylation is 2. The summed E-state index contributed by atoms with van der Waals surface area (Å²) in [6.07, 6.45) is 16.9. The van der Waals surface area contributed by atoms with Crippen LogP contribution in [0, 0.1) is 6.92 Å². The predicted molar refractivity (Wildman–Crippen MR) is 169 cm³/mol. The highest BCUT2D eigenvalue weighted by Crippen LogP contribution is 2.42. The number of fused-ring (bicyclic) bond motifs is 2. The topological polar surface area (TPSA) is 54.3 Å². The number of aromatic amines is 1. The number of likely N-dealkylation sites (tertiary alicyclic amines) is 1. The van der Waals surface area contributed by atoms with Crippen LogP contribution in [0.3, 0.4) is 0 Å². The molecule has 0 spiro atoms. The molecule has 214 valence electrons. The Morgan fingerprint density at radius 3 is 2.88 bits per heavy atom. The number of H-pyrrole nitrogens is 1. The fraction of sp³-hybridized carbons (Fsp3) is 0.389. The summed E-state index contributed by atoms with van der Waals surface area (Å²) in [4.78, 5) is 5.84. The van der Waals surface area contributed by atoms with Gasteiger partial charge in [-0.15, -0.1) is 0 Å². The average Bonchev–Trinajstić information content (AvgIpc) is 3.16. The number of nitrogens with zero attached hydrogens (tertiary/aromatic N) is 1. The maximum atomic E-state index is 12.8. The molecule has 3 aliphatic rings. The Morgan fingerprint density at radius 1 is 1.05 bits per heavy atom. The summed E-state index contributed by atoms with van der Waals surface area (Å²) < 4.78 is 19.4. The lowest BCUT2D eigenvalue weighted by molar-refractivity contribution is 0.0763. The minimum Gasteiger partial charge on any atom is -0.493 e. The molecule has 3 aromatic rings. The van der Waals surface area contributed by atoms with Gasteiger partial charge in [0, 0.05) is 41.8 Å². The molecular weight excluding hydrogens is 509 g/mol. The van der Waals surface area contributed by atoms with E-state index in [4.69, 9.17) is 10.5 Å². The Balaban J connectivity index is 1.37. The van der Waals surface area contributed by atoms with Crippen LogP contribution < -0.4 is 5.73 Å². The zero-order valence-corrected chi connectivity index (χ0v) is 24.2. The highest BCUT2D eigenvalue weighted by molar-refractivity contribution is 6.02. The number of allylic oxidation sites excluding steroid dienone is 7. The molecule has 6 rings (SSSR count). The lowest BCUT2D eigenvalue weighted by atomic mass is 9.87. The Bertz CT molecular complexity index is 1520. The monoisotopic (exact) mass is 551 g/mol. The van der Waals surface area contributed by atoms with E-state index in [9.17, 15) is 4.39 Å². The Kier molecular flexibility index (Phi) is 8.43. The Labute approximate surface area is 243 Å². The van der Waals surface area contributed by atoms with E-state index in [1.165, 1.54) is 50.0 Å². The largest absolute Gasteiger partial charge is 0.493 e. The minimum absolute atomic E-state index is 0.152. The Morgan fingerprint density at radius 2 is 1.98 bits per heavy atom. The van der Waals surface area contributed by atoms with Gasteiger partial charge in [0.05, 0.1) is 6.67 Å². The maximum absolute atomic E-state index is 12.8. The number of alkyl halides is 1. The number of nitrogen functional groups attached to an aromatic ring is 1. The fourth-order valence-electron chi connectivity index (χ4n) is 6.73. The van der Waals surface area contributed by atoms with Crippen molar-refractivity contribution < 1.29 is 9.13 Å². The van der Waals surface area contributed by atoms with Gasteiger partial charge in [0.15, 0.2) is 0 Å². The first-order valence-corrected chi connectivity index (χ1v) is 15.3. The third-order valence-corrected chi connectivity index (χ3v) is 8.67. The van der Waals surface area contributed by atoms with Crippen LogP contribution in [-0.4, -0.2) is 42.3 Å². The van der Waals surface area contributed by atoms with Crippen molar-refractivity contribution in [1.82, 2.24) is 9.88 Å². The quantitative estimate of drug-likeness (QED) is 0.290. The molecule has 5 heteroatoms. The van der Waals surface area contributed by atoms with Gasteiger partial charge in [0.1, 0.15) is 11.9 Å². The molecule has 1 atom stereocenters. The maximum Gasteiger partial charge on any atom is 0.111 e. The van der Waals surface area contributed by atoms with Gasteiger partial charge in [-0.2, -0.15) is 0 Å². The molecule has 1 saturated heterocycles. The zero-order chi connectivity index (χ0) is 28.2. The van der Waals surface area contributed by atoms with Crippen molar-refractivity contribution in [3.8, 4) is 0 Å². The van der Waals surface area contributed by atoms with E-state index in [1.807, 2.05) is 6.07 Å². The summed E-state index contributed by atoms with van der Waals surface area (Å²) in [6, 6.07) is 15.4. The van der Waals surface area contributed by atoms with E-state index >= 15 is 0 Å². The molecule has 2 aromatic carbocycles. The van der Waals surface area contributed by atoms with Crippen molar-refractivity contribution in [3.05, 3.63) is 100 Å². The average molecular weight is 552 g/mol. The molecule has 3 N–H and O–H groups in total. The number of halogens is 1. The minimum atomic E-state index is -0.252. The van der Waals surface area contributed by atoms with Crippen LogP contribution in [0.2, 0.25) is 0 Å². The predicted octanol–water partition coefficient (Wildman–Crippen LogP) is 8.31. The van der Waals surface area contributed by atoms with Gasteiger partial charge >= 0.3 is 0 Å². The number of nitrogens with one attached hydrogen (secondary N) is 1. The number of hydrogen-bond acceptors (Lipinski definition) is 3. The van der Waals surface area contributed by atoms with E-state index in [-0.39, 0.29) is 12.8 Å². The number of hydrogen-bond donors (Lipinski definition) is 2. The van der Waals surface area contributed by atoms with Crippen LogP contribution in [-0.2, 0) is 11.2 Å². The zero-order valence-electron chi connectivity index (χ0n) is 24.2. The summed E-state index contributed by atoms with van der Waals surface area (Å²) in [7, 11) is 0. The molecular formula is C36H42FN3O. The first-order chi connectivity index (χ1) is 20.1. The molecule has 0 unspecified atom stereocenters. The van der Waals surface area contributed by atoms with Crippen LogP contribution in [0.4, 0.5) is 10.1 Å². The van der Waals surface area contributed by atoms with Crippen LogP contribution in [0.15, 0.2) is 78.1 Å². The van der Waals surface area contributed by atoms with E-state index < -0.39 is 0 Å². The highest BCUT2D eigenvalue weighted by Gasteiger charge is 2.23. The van der Waals surface area contributed by atoms with E-state index in [0.717, 1.165) is 76.0 Å². The van der Waals surface area contributed by atoms with Crippen LogP contribution in [0.5, 0.6) is 0 Å². The van der Waals surface area contributed by atoms with E-state index in [2.05, 4.69) is 77.5 Å². The van der Waals surface area contributed by atoms with Crippen molar-refractivity contribution in [2.75, 3.05) is 32.0 Å². The van der Waals surface area contributed by atoms with Crippen LogP contribution >= 0.6 is 0 Å². The smallest absolute Gasteiger partial charge is 0.111 e. The number of rotatable bonds is 7. The summed E-state index contributed by atoms with van der Waals surface area (Å²) in [6.45, 7) is 4.59. The van der Waals surface area contributed by atoms with Crippen molar-refractivity contribution in [1.29, 1.82) is 0 Å². The first-order valence-electron chi connectivity index (χ1n) is 15.3. The van der Waals surface area contributed by atoms with Gasteiger partial charge in [-0.1, -0.05) is 30.4 Å². The summed E-state index contributed by atoms with van der Waals surface area (Å²) in [5.41, 5.74) is 17.2. The van der Waals surface area contributed by atoms with E-state index in [1.54, 1.807) is 0 Å². The van der Waals surface area contributed by atoms with E-state index in [0.29, 0.717) is 6.42 Å². The van der Waals surface area contributed by atoms with Crippen molar-refractivity contribution in [2.24, 2.45) is 0 Å². The molecule has 0 saturated carbocycles. The highest BCUT2D eigenvalue weighted by atomic mass is 19.1. The van der Waals surface area contributed by atoms with Gasteiger partial charge in [0.25, 0.3) is 0 Å². The number of benzene rings is 2. The molecule has 2 aliphatic carbocycles. The molecule has 1 aromatic heterocycles. The SMILES string of the molecule is Cc1cc2cc(C3=C(C4=CC=C(O[C@H]5CCCCN(CCCF)C5)CC=C4)c4ccc(N)cc4CCC3)ccc2[nH]1. The second-order valence-corrected chi connectivity index (χ2v) is 11.8. The molecule has 0 bridgehead atoms. The van der Waals surface area contributed by atoms with Crippen molar-refractivity contribution >= 4 is 27.7 Å². The number of anilines is 1. The third-order valence-electron chi connectivity index (χ3n) is 8.67. The normalized spacial score (nSPS) is 20.2. The molecule has 0 amide bonds. The number of ether oxygens (including phenoxy) is 1. The summed E-state index contributed by atoms with van der Waals surface area (Å²) in [5.74, 6) is 1.01. The van der Waals surface area contributed by atoms with Gasteiger partial charge in [-0.25, -0.2) is 0 Å². The third kappa shape index (κ3) is 6.36.